The van der Waals surface area contributed by atoms with Crippen molar-refractivity contribution in [1.82, 2.24) is 0 Å². The minimum absolute atomic E-state index is 0.166. The highest BCUT2D eigenvalue weighted by Gasteiger charge is 2.05. The van der Waals surface area contributed by atoms with E-state index in [0.717, 1.165) is 0 Å². The first-order chi connectivity index (χ1) is 11.4. The zero-order chi connectivity index (χ0) is 17.5. The molecule has 124 valence electrons. The van der Waals surface area contributed by atoms with Crippen molar-refractivity contribution in [2.75, 3.05) is 16.0 Å². The summed E-state index contributed by atoms with van der Waals surface area (Å²) in [5, 5.41) is 7.94. The van der Waals surface area contributed by atoms with Crippen molar-refractivity contribution in [3.8, 4) is 5.75 Å². The number of carbonyl (C=O) groups excluding carboxylic acids is 3. The average Bonchev–Trinajstić information content (AvgIpc) is 2.48. The van der Waals surface area contributed by atoms with E-state index in [1.54, 1.807) is 48.5 Å². The van der Waals surface area contributed by atoms with Crippen LogP contribution in [0.3, 0.4) is 0 Å². The molecule has 2 rings (SSSR count). The fourth-order valence-corrected chi connectivity index (χ4v) is 1.94. The van der Waals surface area contributed by atoms with Gasteiger partial charge in [-0.2, -0.15) is 0 Å². The van der Waals surface area contributed by atoms with Gasteiger partial charge in [0.2, 0.25) is 5.91 Å². The summed E-state index contributed by atoms with van der Waals surface area (Å²) in [6.07, 6.45) is 0. The van der Waals surface area contributed by atoms with Gasteiger partial charge >= 0.3 is 12.0 Å². The van der Waals surface area contributed by atoms with Gasteiger partial charge in [-0.25, -0.2) is 4.79 Å². The number of amides is 3. The van der Waals surface area contributed by atoms with Gasteiger partial charge in [-0.3, -0.25) is 9.59 Å². The Morgan fingerprint density at radius 1 is 0.792 bits per heavy atom. The van der Waals surface area contributed by atoms with Crippen LogP contribution in [0.1, 0.15) is 13.8 Å². The number of hydrogen-bond donors (Lipinski definition) is 3. The summed E-state index contributed by atoms with van der Waals surface area (Å²) in [5.41, 5.74) is 1.70. The van der Waals surface area contributed by atoms with E-state index in [0.29, 0.717) is 22.8 Å². The van der Waals surface area contributed by atoms with Gasteiger partial charge in [0, 0.05) is 37.0 Å². The molecule has 0 saturated carbocycles. The second-order valence-electron chi connectivity index (χ2n) is 4.96. The van der Waals surface area contributed by atoms with Gasteiger partial charge < -0.3 is 20.7 Å². The first-order valence-corrected chi connectivity index (χ1v) is 7.16. The number of nitrogens with one attached hydrogen (secondary N) is 3. The Bertz CT molecular complexity index is 757. The van der Waals surface area contributed by atoms with E-state index >= 15 is 0 Å². The van der Waals surface area contributed by atoms with Crippen LogP contribution in [-0.2, 0) is 9.59 Å². The molecule has 2 aromatic carbocycles. The van der Waals surface area contributed by atoms with Crippen molar-refractivity contribution in [1.29, 1.82) is 0 Å². The van der Waals surface area contributed by atoms with Crippen molar-refractivity contribution in [2.24, 2.45) is 0 Å². The minimum atomic E-state index is -0.442. The maximum atomic E-state index is 12.0. The second-order valence-corrected chi connectivity index (χ2v) is 4.96. The third-order valence-electron chi connectivity index (χ3n) is 2.82. The van der Waals surface area contributed by atoms with Gasteiger partial charge in [0.05, 0.1) is 0 Å². The fraction of sp³-hybridized carbons (Fsp3) is 0.118. The van der Waals surface area contributed by atoms with Crippen LogP contribution in [0.2, 0.25) is 0 Å². The van der Waals surface area contributed by atoms with Crippen LogP contribution in [0.25, 0.3) is 0 Å². The summed E-state index contributed by atoms with van der Waals surface area (Å²) in [6.45, 7) is 2.72. The molecule has 24 heavy (non-hydrogen) atoms. The molecule has 0 aliphatic heterocycles. The summed E-state index contributed by atoms with van der Waals surface area (Å²) >= 11 is 0. The molecule has 0 atom stereocenters. The molecule has 0 saturated heterocycles. The molecule has 0 heterocycles. The first-order valence-electron chi connectivity index (χ1n) is 7.16. The second kappa shape index (κ2) is 7.77. The average molecular weight is 327 g/mol. The summed E-state index contributed by atoms with van der Waals surface area (Å²) in [5.74, 6) is -0.253. The van der Waals surface area contributed by atoms with Crippen molar-refractivity contribution in [3.05, 3.63) is 48.5 Å². The van der Waals surface area contributed by atoms with Crippen LogP contribution in [0, 0.1) is 0 Å². The number of esters is 1. The summed E-state index contributed by atoms with van der Waals surface area (Å²) < 4.78 is 4.95. The quantitative estimate of drug-likeness (QED) is 0.593. The van der Waals surface area contributed by atoms with Crippen molar-refractivity contribution in [2.45, 2.75) is 13.8 Å². The summed E-state index contributed by atoms with van der Waals surface area (Å²) in [4.78, 5) is 33.9. The Balaban J connectivity index is 1.95. The molecular formula is C17H17N3O4. The smallest absolute Gasteiger partial charge is 0.323 e. The molecule has 0 aliphatic carbocycles. The van der Waals surface area contributed by atoms with Crippen LogP contribution < -0.4 is 20.7 Å². The topological polar surface area (TPSA) is 96.5 Å². The number of anilines is 3. The van der Waals surface area contributed by atoms with E-state index in [1.165, 1.54) is 13.8 Å². The molecule has 0 spiro atoms. The van der Waals surface area contributed by atoms with E-state index in [1.807, 2.05) is 0 Å². The van der Waals surface area contributed by atoms with E-state index in [2.05, 4.69) is 16.0 Å². The van der Waals surface area contributed by atoms with Gasteiger partial charge in [0.25, 0.3) is 0 Å². The maximum absolute atomic E-state index is 12.0. The molecule has 3 N–H and O–H groups in total. The standard InChI is InChI=1S/C17H17N3O4/c1-11(21)18-13-6-8-14(9-7-13)19-17(23)20-15-4-3-5-16(10-15)24-12(2)22/h3-10H,1-2H3,(H,18,21)(H2,19,20,23). The molecule has 2 aromatic rings. The normalized spacial score (nSPS) is 9.75. The lowest BCUT2D eigenvalue weighted by atomic mass is 10.2. The fourth-order valence-electron chi connectivity index (χ4n) is 1.94. The lowest BCUT2D eigenvalue weighted by Gasteiger charge is -2.09. The molecule has 0 radical (unpaired) electrons. The maximum Gasteiger partial charge on any atom is 0.323 e. The largest absolute Gasteiger partial charge is 0.427 e. The zero-order valence-electron chi connectivity index (χ0n) is 13.3. The van der Waals surface area contributed by atoms with Crippen LogP contribution in [0.15, 0.2) is 48.5 Å². The van der Waals surface area contributed by atoms with E-state index < -0.39 is 12.0 Å². The van der Waals surface area contributed by atoms with E-state index in [-0.39, 0.29) is 5.91 Å². The molecule has 3 amide bonds. The highest BCUT2D eigenvalue weighted by Crippen LogP contribution is 2.18. The highest BCUT2D eigenvalue weighted by molar-refractivity contribution is 6.00. The van der Waals surface area contributed by atoms with E-state index in [4.69, 9.17) is 4.74 Å². The van der Waals surface area contributed by atoms with Crippen molar-refractivity contribution < 1.29 is 19.1 Å². The highest BCUT2D eigenvalue weighted by atomic mass is 16.5. The number of urea groups is 1. The monoisotopic (exact) mass is 327 g/mol. The van der Waals surface area contributed by atoms with Crippen molar-refractivity contribution >= 4 is 35.0 Å². The van der Waals surface area contributed by atoms with Crippen LogP contribution >= 0.6 is 0 Å². The predicted octanol–water partition coefficient (Wildman–Crippen LogP) is 3.21. The van der Waals surface area contributed by atoms with E-state index in [9.17, 15) is 14.4 Å². The van der Waals surface area contributed by atoms with Crippen LogP contribution in [-0.4, -0.2) is 17.9 Å². The molecule has 7 heteroatoms. The van der Waals surface area contributed by atoms with Crippen molar-refractivity contribution in [3.63, 3.8) is 0 Å². The third kappa shape index (κ3) is 5.45. The molecule has 0 aliphatic rings. The van der Waals surface area contributed by atoms with Crippen LogP contribution in [0.4, 0.5) is 21.9 Å². The number of carbonyl (C=O) groups is 3. The molecular weight excluding hydrogens is 310 g/mol. The lowest BCUT2D eigenvalue weighted by Crippen LogP contribution is -2.19. The van der Waals surface area contributed by atoms with Gasteiger partial charge in [-0.1, -0.05) is 6.07 Å². The molecule has 0 bridgehead atoms. The predicted molar refractivity (Wildman–Crippen MR) is 91.1 cm³/mol. The lowest BCUT2D eigenvalue weighted by molar-refractivity contribution is -0.131. The van der Waals surface area contributed by atoms with Gasteiger partial charge in [-0.05, 0) is 36.4 Å². The summed E-state index contributed by atoms with van der Waals surface area (Å²) in [6, 6.07) is 12.7. The minimum Gasteiger partial charge on any atom is -0.427 e. The molecule has 7 nitrogen and oxygen atoms in total. The molecule has 0 unspecified atom stereocenters. The van der Waals surface area contributed by atoms with Crippen LogP contribution in [0.5, 0.6) is 5.75 Å². The Morgan fingerprint density at radius 2 is 1.38 bits per heavy atom. The summed E-state index contributed by atoms with van der Waals surface area (Å²) in [7, 11) is 0. The number of rotatable bonds is 4. The van der Waals surface area contributed by atoms with Gasteiger partial charge in [0.15, 0.2) is 0 Å². The first kappa shape index (κ1) is 17.0. The Kier molecular flexibility index (Phi) is 5.51. The Labute approximate surface area is 139 Å². The SMILES string of the molecule is CC(=O)Nc1ccc(NC(=O)Nc2cccc(OC(C)=O)c2)cc1. The number of ether oxygens (including phenoxy) is 1. The molecule has 0 fully saturated rings. The van der Waals surface area contributed by atoms with Gasteiger partial charge in [-0.15, -0.1) is 0 Å². The van der Waals surface area contributed by atoms with Gasteiger partial charge in [0.1, 0.15) is 5.75 Å². The zero-order valence-corrected chi connectivity index (χ0v) is 13.3. The third-order valence-corrected chi connectivity index (χ3v) is 2.82. The molecule has 0 aromatic heterocycles. The number of hydrogen-bond acceptors (Lipinski definition) is 4. The Morgan fingerprint density at radius 3 is 1.96 bits per heavy atom. The Hall–Kier alpha value is -3.35. The number of benzene rings is 2.